The van der Waals surface area contributed by atoms with Gasteiger partial charge < -0.3 is 0 Å². The second-order valence-electron chi connectivity index (χ2n) is 7.52. The highest BCUT2D eigenvalue weighted by Gasteiger charge is 2.31. The summed E-state index contributed by atoms with van der Waals surface area (Å²) in [6, 6.07) is 10.3. The molecule has 0 spiro atoms. The van der Waals surface area contributed by atoms with Gasteiger partial charge in [0.2, 0.25) is 10.0 Å². The smallest absolute Gasteiger partial charge is 0.261 e. The molecule has 3 aromatic rings. The van der Waals surface area contributed by atoms with Gasteiger partial charge in [0, 0.05) is 24.2 Å². The van der Waals surface area contributed by atoms with E-state index in [1.54, 1.807) is 35.2 Å². The molecule has 152 valence electrons. The summed E-state index contributed by atoms with van der Waals surface area (Å²) in [6.07, 6.45) is 2.66. The first-order valence-electron chi connectivity index (χ1n) is 9.51. The van der Waals surface area contributed by atoms with Gasteiger partial charge in [-0.2, -0.15) is 4.31 Å². The summed E-state index contributed by atoms with van der Waals surface area (Å²) in [4.78, 5) is 17.6. The lowest BCUT2D eigenvalue weighted by molar-refractivity contribution is 0.269. The molecule has 1 fully saturated rings. The van der Waals surface area contributed by atoms with Crippen molar-refractivity contribution in [2.45, 2.75) is 37.6 Å². The van der Waals surface area contributed by atoms with Gasteiger partial charge in [-0.15, -0.1) is 0 Å². The maximum Gasteiger partial charge on any atom is 0.261 e. The van der Waals surface area contributed by atoms with Crippen LogP contribution in [0.1, 0.15) is 30.0 Å². The molecule has 2 heterocycles. The molecule has 0 radical (unpaired) electrons. The van der Waals surface area contributed by atoms with Crippen LogP contribution in [-0.4, -0.2) is 35.4 Å². The van der Waals surface area contributed by atoms with Crippen LogP contribution in [0.15, 0.2) is 52.4 Å². The zero-order valence-corrected chi connectivity index (χ0v) is 17.9. The van der Waals surface area contributed by atoms with Gasteiger partial charge in [-0.05, 0) is 56.5 Å². The number of nitrogens with zero attached hydrogens (tertiary/aromatic N) is 3. The fraction of sp³-hybridized carbons (Fsp3) is 0.333. The molecule has 0 amide bonds. The molecule has 0 bridgehead atoms. The summed E-state index contributed by atoms with van der Waals surface area (Å²) in [5.41, 5.74) is 2.22. The highest BCUT2D eigenvalue weighted by molar-refractivity contribution is 7.89. The third-order valence-electron chi connectivity index (χ3n) is 5.51. The van der Waals surface area contributed by atoms with Crippen molar-refractivity contribution in [3.05, 3.63) is 69.2 Å². The Morgan fingerprint density at radius 3 is 2.48 bits per heavy atom. The molecule has 0 aliphatic carbocycles. The predicted molar refractivity (Wildman–Crippen MR) is 114 cm³/mol. The molecule has 4 rings (SSSR count). The lowest BCUT2D eigenvalue weighted by atomic mass is 10.1. The van der Waals surface area contributed by atoms with Gasteiger partial charge in [0.05, 0.1) is 22.1 Å². The topological polar surface area (TPSA) is 72.3 Å². The van der Waals surface area contributed by atoms with E-state index in [1.807, 2.05) is 26.0 Å². The summed E-state index contributed by atoms with van der Waals surface area (Å²) in [5, 5.41) is 1.05. The van der Waals surface area contributed by atoms with Crippen molar-refractivity contribution in [3.8, 4) is 0 Å². The SMILES string of the molecule is Cc1ccc(S(=O)(=O)N2CCC(n3cnc4cc(Cl)ccc4c3=O)CC2)c(C)c1. The van der Waals surface area contributed by atoms with Crippen molar-refractivity contribution in [3.63, 3.8) is 0 Å². The Bertz CT molecular complexity index is 1250. The van der Waals surface area contributed by atoms with E-state index in [-0.39, 0.29) is 11.6 Å². The van der Waals surface area contributed by atoms with Gasteiger partial charge in [-0.25, -0.2) is 13.4 Å². The number of sulfonamides is 1. The highest BCUT2D eigenvalue weighted by atomic mass is 35.5. The predicted octanol–water partition coefficient (Wildman–Crippen LogP) is 3.69. The van der Waals surface area contributed by atoms with Gasteiger partial charge in [0.15, 0.2) is 0 Å². The molecule has 1 saturated heterocycles. The maximum atomic E-state index is 13.1. The van der Waals surface area contributed by atoms with Crippen LogP contribution in [0.2, 0.25) is 5.02 Å². The number of halogens is 1. The molecule has 1 aliphatic heterocycles. The molecule has 29 heavy (non-hydrogen) atoms. The number of aryl methyl sites for hydroxylation is 2. The van der Waals surface area contributed by atoms with Crippen molar-refractivity contribution in [2.24, 2.45) is 0 Å². The van der Waals surface area contributed by atoms with Gasteiger partial charge in [-0.1, -0.05) is 29.3 Å². The number of piperidine rings is 1. The van der Waals surface area contributed by atoms with Crippen molar-refractivity contribution < 1.29 is 8.42 Å². The Labute approximate surface area is 174 Å². The monoisotopic (exact) mass is 431 g/mol. The Morgan fingerprint density at radius 1 is 1.07 bits per heavy atom. The fourth-order valence-corrected chi connectivity index (χ4v) is 5.80. The molecular formula is C21H22ClN3O3S. The molecule has 0 N–H and O–H groups in total. The summed E-state index contributed by atoms with van der Waals surface area (Å²) in [5.74, 6) is 0. The summed E-state index contributed by atoms with van der Waals surface area (Å²) >= 11 is 5.98. The van der Waals surface area contributed by atoms with Crippen LogP contribution in [-0.2, 0) is 10.0 Å². The van der Waals surface area contributed by atoms with Crippen LogP contribution in [0.4, 0.5) is 0 Å². The molecule has 0 atom stereocenters. The average Bonchev–Trinajstić information content (AvgIpc) is 2.68. The zero-order valence-electron chi connectivity index (χ0n) is 16.3. The van der Waals surface area contributed by atoms with Crippen LogP contribution in [0.3, 0.4) is 0 Å². The average molecular weight is 432 g/mol. The standard InChI is InChI=1S/C21H22ClN3O3S/c1-14-3-6-20(15(2)11-14)29(27,28)24-9-7-17(8-10-24)25-13-23-19-12-16(22)4-5-18(19)21(25)26/h3-6,11-13,17H,7-10H2,1-2H3. The quantitative estimate of drug-likeness (QED) is 0.634. The van der Waals surface area contributed by atoms with E-state index >= 15 is 0 Å². The first kappa shape index (κ1) is 20.1. The summed E-state index contributed by atoms with van der Waals surface area (Å²) in [6.45, 7) is 4.49. The summed E-state index contributed by atoms with van der Waals surface area (Å²) in [7, 11) is -3.55. The van der Waals surface area contributed by atoms with E-state index < -0.39 is 10.0 Å². The van der Waals surface area contributed by atoms with E-state index in [4.69, 9.17) is 11.6 Å². The van der Waals surface area contributed by atoms with Gasteiger partial charge in [0.25, 0.3) is 5.56 Å². The first-order chi connectivity index (χ1) is 13.8. The molecular weight excluding hydrogens is 410 g/mol. The third kappa shape index (κ3) is 3.70. The number of fused-ring (bicyclic) bond motifs is 1. The van der Waals surface area contributed by atoms with E-state index in [1.165, 1.54) is 4.31 Å². The number of hydrogen-bond donors (Lipinski definition) is 0. The van der Waals surface area contributed by atoms with Crippen molar-refractivity contribution >= 4 is 32.5 Å². The molecule has 1 aromatic heterocycles. The second-order valence-corrected chi connectivity index (χ2v) is 9.87. The normalized spacial score (nSPS) is 16.4. The Hall–Kier alpha value is -2.22. The van der Waals surface area contributed by atoms with E-state index in [0.29, 0.717) is 46.8 Å². The van der Waals surface area contributed by atoms with Gasteiger partial charge in [0.1, 0.15) is 0 Å². The minimum atomic E-state index is -3.55. The second kappa shape index (κ2) is 7.55. The van der Waals surface area contributed by atoms with Crippen LogP contribution in [0.25, 0.3) is 10.9 Å². The lowest BCUT2D eigenvalue weighted by Crippen LogP contribution is -2.41. The van der Waals surface area contributed by atoms with Crippen molar-refractivity contribution in [2.75, 3.05) is 13.1 Å². The number of hydrogen-bond acceptors (Lipinski definition) is 4. The van der Waals surface area contributed by atoms with E-state index in [2.05, 4.69) is 4.98 Å². The number of rotatable bonds is 3. The Morgan fingerprint density at radius 2 is 1.79 bits per heavy atom. The lowest BCUT2D eigenvalue weighted by Gasteiger charge is -2.32. The molecule has 6 nitrogen and oxygen atoms in total. The zero-order chi connectivity index (χ0) is 20.8. The molecule has 0 unspecified atom stereocenters. The third-order valence-corrected chi connectivity index (χ3v) is 7.80. The Balaban J connectivity index is 1.57. The number of benzene rings is 2. The van der Waals surface area contributed by atoms with Crippen molar-refractivity contribution in [1.82, 2.24) is 13.9 Å². The summed E-state index contributed by atoms with van der Waals surface area (Å²) < 4.78 is 29.3. The molecule has 8 heteroatoms. The minimum Gasteiger partial charge on any atom is -0.296 e. The number of aromatic nitrogens is 2. The fourth-order valence-electron chi connectivity index (χ4n) is 3.96. The van der Waals surface area contributed by atoms with E-state index in [0.717, 1.165) is 11.1 Å². The minimum absolute atomic E-state index is 0.0827. The van der Waals surface area contributed by atoms with E-state index in [9.17, 15) is 13.2 Å². The molecule has 1 aliphatic rings. The van der Waals surface area contributed by atoms with Crippen LogP contribution in [0.5, 0.6) is 0 Å². The van der Waals surface area contributed by atoms with Crippen molar-refractivity contribution in [1.29, 1.82) is 0 Å². The van der Waals surface area contributed by atoms with Gasteiger partial charge >= 0.3 is 0 Å². The maximum absolute atomic E-state index is 13.1. The molecule has 2 aromatic carbocycles. The van der Waals surface area contributed by atoms with Crippen LogP contribution >= 0.6 is 11.6 Å². The van der Waals surface area contributed by atoms with Crippen LogP contribution < -0.4 is 5.56 Å². The Kier molecular flexibility index (Phi) is 5.23. The van der Waals surface area contributed by atoms with Crippen LogP contribution in [0, 0.1) is 13.8 Å². The largest absolute Gasteiger partial charge is 0.296 e. The first-order valence-corrected chi connectivity index (χ1v) is 11.3. The van der Waals surface area contributed by atoms with Gasteiger partial charge in [-0.3, -0.25) is 9.36 Å². The highest BCUT2D eigenvalue weighted by Crippen LogP contribution is 2.28. The molecule has 0 saturated carbocycles.